The van der Waals surface area contributed by atoms with E-state index in [9.17, 15) is 4.79 Å². The molecule has 2 aromatic heterocycles. The molecule has 5 nitrogen and oxygen atoms in total. The van der Waals surface area contributed by atoms with E-state index in [4.69, 9.17) is 0 Å². The van der Waals surface area contributed by atoms with E-state index < -0.39 is 0 Å². The van der Waals surface area contributed by atoms with E-state index in [1.165, 1.54) is 5.56 Å². The summed E-state index contributed by atoms with van der Waals surface area (Å²) in [6, 6.07) is 10.0. The number of carbonyl (C=O) groups is 1. The van der Waals surface area contributed by atoms with E-state index in [0.717, 1.165) is 16.5 Å². The van der Waals surface area contributed by atoms with Crippen molar-refractivity contribution in [3.05, 3.63) is 60.0 Å². The maximum atomic E-state index is 11.9. The summed E-state index contributed by atoms with van der Waals surface area (Å²) >= 11 is 0. The van der Waals surface area contributed by atoms with Gasteiger partial charge >= 0.3 is 0 Å². The van der Waals surface area contributed by atoms with Crippen molar-refractivity contribution in [3.8, 4) is 0 Å². The van der Waals surface area contributed by atoms with Gasteiger partial charge in [0.2, 0.25) is 5.91 Å². The Hall–Kier alpha value is -2.69. The van der Waals surface area contributed by atoms with Crippen LogP contribution in [0.25, 0.3) is 10.9 Å². The number of hydrogen-bond donors (Lipinski definition) is 1. The van der Waals surface area contributed by atoms with Crippen molar-refractivity contribution in [1.29, 1.82) is 0 Å². The number of rotatable bonds is 5. The first-order chi connectivity index (χ1) is 10.7. The maximum absolute atomic E-state index is 11.9. The molecule has 0 fully saturated rings. The molecule has 0 aliphatic heterocycles. The Balaban J connectivity index is 1.57. The molecule has 0 bridgehead atoms. The van der Waals surface area contributed by atoms with Crippen molar-refractivity contribution in [2.45, 2.75) is 26.4 Å². The Morgan fingerprint density at radius 2 is 2.18 bits per heavy atom. The Morgan fingerprint density at radius 3 is 3.00 bits per heavy atom. The molecule has 3 aromatic rings. The Kier molecular flexibility index (Phi) is 4.14. The average molecular weight is 294 g/mol. The van der Waals surface area contributed by atoms with Crippen LogP contribution in [-0.4, -0.2) is 20.7 Å². The molecular weight excluding hydrogens is 276 g/mol. The first-order valence-electron chi connectivity index (χ1n) is 7.30. The minimum Gasteiger partial charge on any atom is -0.352 e. The van der Waals surface area contributed by atoms with Crippen molar-refractivity contribution in [3.63, 3.8) is 0 Å². The number of benzene rings is 1. The fraction of sp³-hybridized carbons (Fsp3) is 0.235. The van der Waals surface area contributed by atoms with Crippen LogP contribution in [0.5, 0.6) is 0 Å². The summed E-state index contributed by atoms with van der Waals surface area (Å²) in [6.45, 7) is 3.13. The van der Waals surface area contributed by atoms with E-state index in [-0.39, 0.29) is 5.91 Å². The topological polar surface area (TPSA) is 59.8 Å². The smallest absolute Gasteiger partial charge is 0.222 e. The standard InChI is InChI=1S/C17H18N4O/c1-13-4-5-15-12-20-21(16(15)9-13)8-6-17(22)19-11-14-3-2-7-18-10-14/h2-5,7,9-10,12H,6,8,11H2,1H3,(H,19,22). The van der Waals surface area contributed by atoms with Crippen molar-refractivity contribution < 1.29 is 4.79 Å². The van der Waals surface area contributed by atoms with Crippen LogP contribution in [0.2, 0.25) is 0 Å². The van der Waals surface area contributed by atoms with Gasteiger partial charge in [0.1, 0.15) is 0 Å². The third-order valence-electron chi connectivity index (χ3n) is 3.56. The van der Waals surface area contributed by atoms with Crippen LogP contribution in [0.4, 0.5) is 0 Å². The number of fused-ring (bicyclic) bond motifs is 1. The van der Waals surface area contributed by atoms with E-state index in [0.29, 0.717) is 19.5 Å². The van der Waals surface area contributed by atoms with Gasteiger partial charge in [-0.3, -0.25) is 14.5 Å². The van der Waals surface area contributed by atoms with Crippen molar-refractivity contribution in [2.24, 2.45) is 0 Å². The molecule has 0 radical (unpaired) electrons. The highest BCUT2D eigenvalue weighted by Crippen LogP contribution is 2.15. The second-order valence-corrected chi connectivity index (χ2v) is 5.32. The van der Waals surface area contributed by atoms with Gasteiger partial charge in [-0.05, 0) is 30.2 Å². The highest BCUT2D eigenvalue weighted by atomic mass is 16.1. The van der Waals surface area contributed by atoms with Crippen molar-refractivity contribution in [2.75, 3.05) is 0 Å². The molecule has 0 saturated carbocycles. The van der Waals surface area contributed by atoms with Gasteiger partial charge in [0.25, 0.3) is 0 Å². The number of nitrogens with zero attached hydrogens (tertiary/aromatic N) is 3. The Morgan fingerprint density at radius 1 is 1.27 bits per heavy atom. The molecule has 22 heavy (non-hydrogen) atoms. The highest BCUT2D eigenvalue weighted by molar-refractivity contribution is 5.80. The normalized spacial score (nSPS) is 10.8. The number of hydrogen-bond acceptors (Lipinski definition) is 3. The third kappa shape index (κ3) is 3.31. The van der Waals surface area contributed by atoms with Crippen LogP contribution in [0.1, 0.15) is 17.5 Å². The molecule has 0 aliphatic rings. The molecule has 5 heteroatoms. The first-order valence-corrected chi connectivity index (χ1v) is 7.30. The lowest BCUT2D eigenvalue weighted by atomic mass is 10.2. The fourth-order valence-electron chi connectivity index (χ4n) is 2.36. The zero-order valence-electron chi connectivity index (χ0n) is 12.5. The molecule has 0 atom stereocenters. The molecule has 0 spiro atoms. The third-order valence-corrected chi connectivity index (χ3v) is 3.56. The lowest BCUT2D eigenvalue weighted by Gasteiger charge is -2.06. The van der Waals surface area contributed by atoms with Gasteiger partial charge in [0.15, 0.2) is 0 Å². The molecule has 112 valence electrons. The predicted molar refractivity (Wildman–Crippen MR) is 85.2 cm³/mol. The molecule has 1 aromatic carbocycles. The number of aromatic nitrogens is 3. The minimum absolute atomic E-state index is 0.0140. The van der Waals surface area contributed by atoms with Crippen LogP contribution < -0.4 is 5.32 Å². The zero-order valence-corrected chi connectivity index (χ0v) is 12.5. The largest absolute Gasteiger partial charge is 0.352 e. The molecule has 3 rings (SSSR count). The number of aryl methyl sites for hydroxylation is 2. The van der Waals surface area contributed by atoms with Crippen LogP contribution in [0.3, 0.4) is 0 Å². The summed E-state index contributed by atoms with van der Waals surface area (Å²) in [5.74, 6) is 0.0140. The second kappa shape index (κ2) is 6.39. The van der Waals surface area contributed by atoms with Gasteiger partial charge in [-0.15, -0.1) is 0 Å². The van der Waals surface area contributed by atoms with Gasteiger partial charge in [0.05, 0.1) is 18.3 Å². The van der Waals surface area contributed by atoms with Gasteiger partial charge in [0, 0.05) is 30.7 Å². The highest BCUT2D eigenvalue weighted by Gasteiger charge is 2.06. The van der Waals surface area contributed by atoms with E-state index in [1.54, 1.807) is 12.4 Å². The quantitative estimate of drug-likeness (QED) is 0.786. The number of carbonyl (C=O) groups excluding carboxylic acids is 1. The number of amides is 1. The molecule has 1 amide bonds. The molecule has 0 aliphatic carbocycles. The maximum Gasteiger partial charge on any atom is 0.222 e. The van der Waals surface area contributed by atoms with Crippen molar-refractivity contribution in [1.82, 2.24) is 20.1 Å². The zero-order chi connectivity index (χ0) is 15.4. The van der Waals surface area contributed by atoms with Gasteiger partial charge in [-0.1, -0.05) is 18.2 Å². The number of pyridine rings is 1. The van der Waals surface area contributed by atoms with E-state index >= 15 is 0 Å². The summed E-state index contributed by atoms with van der Waals surface area (Å²) in [5, 5.41) is 8.35. The lowest BCUT2D eigenvalue weighted by molar-refractivity contribution is -0.121. The summed E-state index contributed by atoms with van der Waals surface area (Å²) in [6.07, 6.45) is 5.72. The molecule has 1 N–H and O–H groups in total. The Bertz CT molecular complexity index is 780. The van der Waals surface area contributed by atoms with Gasteiger partial charge in [-0.25, -0.2) is 0 Å². The van der Waals surface area contributed by atoms with Crippen LogP contribution >= 0.6 is 0 Å². The SMILES string of the molecule is Cc1ccc2cnn(CCC(=O)NCc3cccnc3)c2c1. The summed E-state index contributed by atoms with van der Waals surface area (Å²) in [4.78, 5) is 16.0. The number of nitrogens with one attached hydrogen (secondary N) is 1. The van der Waals surface area contributed by atoms with Gasteiger partial charge < -0.3 is 5.32 Å². The minimum atomic E-state index is 0.0140. The predicted octanol–water partition coefficient (Wildman–Crippen LogP) is 2.45. The molecule has 2 heterocycles. The molecular formula is C17H18N4O. The Labute approximate surface area is 129 Å². The summed E-state index contributed by atoms with van der Waals surface area (Å²) < 4.78 is 1.88. The second-order valence-electron chi connectivity index (χ2n) is 5.32. The van der Waals surface area contributed by atoms with Crippen LogP contribution in [0.15, 0.2) is 48.9 Å². The van der Waals surface area contributed by atoms with Crippen LogP contribution in [0, 0.1) is 6.92 Å². The van der Waals surface area contributed by atoms with E-state index in [2.05, 4.69) is 40.5 Å². The fourth-order valence-corrected chi connectivity index (χ4v) is 2.36. The van der Waals surface area contributed by atoms with Gasteiger partial charge in [-0.2, -0.15) is 5.10 Å². The summed E-state index contributed by atoms with van der Waals surface area (Å²) in [7, 11) is 0. The molecule has 0 saturated heterocycles. The monoisotopic (exact) mass is 294 g/mol. The van der Waals surface area contributed by atoms with Crippen LogP contribution in [-0.2, 0) is 17.9 Å². The summed E-state index contributed by atoms with van der Waals surface area (Å²) in [5.41, 5.74) is 3.26. The lowest BCUT2D eigenvalue weighted by Crippen LogP contribution is -2.24. The van der Waals surface area contributed by atoms with E-state index in [1.807, 2.05) is 23.0 Å². The first kappa shape index (κ1) is 14.3. The molecule has 0 unspecified atom stereocenters. The average Bonchev–Trinajstić information content (AvgIpc) is 2.94. The van der Waals surface area contributed by atoms with Crippen molar-refractivity contribution >= 4 is 16.8 Å².